The first-order valence-electron chi connectivity index (χ1n) is 14.0. The van der Waals surface area contributed by atoms with E-state index in [4.69, 9.17) is 11.5 Å². The fourth-order valence-electron chi connectivity index (χ4n) is 7.82. The van der Waals surface area contributed by atoms with E-state index in [9.17, 15) is 29.4 Å². The van der Waals surface area contributed by atoms with Crippen molar-refractivity contribution in [3.05, 3.63) is 0 Å². The molecule has 38 heavy (non-hydrogen) atoms. The van der Waals surface area contributed by atoms with E-state index in [1.165, 1.54) is 37.0 Å². The first kappa shape index (κ1) is 31.0. The van der Waals surface area contributed by atoms with Crippen LogP contribution >= 0.6 is 0 Å². The maximum atomic E-state index is 12.5. The Balaban J connectivity index is 0.000000382. The van der Waals surface area contributed by atoms with E-state index in [0.717, 1.165) is 49.9 Å². The summed E-state index contributed by atoms with van der Waals surface area (Å²) in [5, 5.41) is 25.7. The summed E-state index contributed by atoms with van der Waals surface area (Å²) in [6.45, 7) is 0.0226. The smallest absolute Gasteiger partial charge is 0.549 e. The van der Waals surface area contributed by atoms with Crippen LogP contribution in [0.25, 0.3) is 0 Å². The Bertz CT molecular complexity index is 830. The standard InChI is InChI=1S/C21H30N2O6.C6H14N2.Pt/c24-16(22-20-10-13-7-14(11-20)9-15(8-13)12-20)1-2-17(25)23-5-3-21(4-6-23,18(26)27)19(28)29;7-5-3-1-2-4-6(5)8;/h13-15H,1-12H2,(H,22,24)(H,26,27)(H,28,29);5-6H,1-4,7-8H2;/q;;+2/p-2/t;5-,6-;/m.1./s1. The molecule has 1 saturated heterocycles. The zero-order valence-electron chi connectivity index (χ0n) is 22.1. The van der Waals surface area contributed by atoms with Crippen molar-refractivity contribution in [3.8, 4) is 0 Å². The molecule has 2 atom stereocenters. The number of hydrogen-bond donors (Lipinski definition) is 3. The van der Waals surface area contributed by atoms with Crippen LogP contribution in [0.5, 0.6) is 0 Å². The van der Waals surface area contributed by atoms with Gasteiger partial charge >= 0.3 is 21.1 Å². The maximum Gasteiger partial charge on any atom is 2.00 e. The topological polar surface area (TPSA) is 182 Å². The molecule has 5 N–H and O–H groups in total. The van der Waals surface area contributed by atoms with E-state index in [0.29, 0.717) is 0 Å². The first-order valence-corrected chi connectivity index (χ1v) is 14.0. The van der Waals surface area contributed by atoms with Crippen LogP contribution in [0.15, 0.2) is 0 Å². The van der Waals surface area contributed by atoms with Crippen LogP contribution in [0.4, 0.5) is 0 Å². The normalized spacial score (nSPS) is 34.8. The predicted molar refractivity (Wildman–Crippen MR) is 131 cm³/mol. The number of piperidine rings is 1. The molecule has 1 aliphatic heterocycles. The summed E-state index contributed by atoms with van der Waals surface area (Å²) in [5.41, 5.74) is 9.19. The minimum atomic E-state index is -2.04. The van der Waals surface area contributed by atoms with Gasteiger partial charge in [0.15, 0.2) is 0 Å². The van der Waals surface area contributed by atoms with E-state index in [1.807, 2.05) is 0 Å². The molecule has 0 unspecified atom stereocenters. The average Bonchev–Trinajstić information content (AvgIpc) is 2.83. The Morgan fingerprint density at radius 2 is 1.24 bits per heavy atom. The largest absolute Gasteiger partial charge is 2.00 e. The molecule has 6 rings (SSSR count). The number of carboxylic acids is 2. The summed E-state index contributed by atoms with van der Waals surface area (Å²) in [6.07, 6.45) is 11.5. The number of nitrogens with one attached hydrogen (secondary N) is 1. The minimum absolute atomic E-state index is 0. The summed E-state index contributed by atoms with van der Waals surface area (Å²) >= 11 is 0. The van der Waals surface area contributed by atoms with Crippen molar-refractivity contribution in [2.45, 2.75) is 108 Å². The van der Waals surface area contributed by atoms with Gasteiger partial charge in [-0.15, -0.1) is 0 Å². The van der Waals surface area contributed by atoms with Crippen LogP contribution in [0.1, 0.15) is 89.9 Å². The molecule has 10 nitrogen and oxygen atoms in total. The molecule has 0 radical (unpaired) electrons. The van der Waals surface area contributed by atoms with Gasteiger partial charge in [-0.25, -0.2) is 0 Å². The van der Waals surface area contributed by atoms with E-state index < -0.39 is 17.4 Å². The zero-order chi connectivity index (χ0) is 26.8. The van der Waals surface area contributed by atoms with Gasteiger partial charge < -0.3 is 41.5 Å². The summed E-state index contributed by atoms with van der Waals surface area (Å²) in [6, 6.07) is 0.562. The molecule has 1 heterocycles. The fraction of sp³-hybridized carbons (Fsp3) is 0.852. The number of nitrogens with two attached hydrogens (primary N) is 2. The number of hydrogen-bond acceptors (Lipinski definition) is 8. The monoisotopic (exact) mass is 713 g/mol. The average molecular weight is 714 g/mol. The summed E-state index contributed by atoms with van der Waals surface area (Å²) < 4.78 is 0. The van der Waals surface area contributed by atoms with Crippen molar-refractivity contribution in [2.24, 2.45) is 34.6 Å². The Morgan fingerprint density at radius 3 is 1.63 bits per heavy atom. The van der Waals surface area contributed by atoms with Crippen LogP contribution in [0.2, 0.25) is 0 Å². The fourth-order valence-corrected chi connectivity index (χ4v) is 7.82. The second-order valence-electron chi connectivity index (χ2n) is 12.4. The molecule has 0 aromatic rings. The molecular weight excluding hydrogens is 671 g/mol. The van der Waals surface area contributed by atoms with E-state index in [-0.39, 0.29) is 89.3 Å². The van der Waals surface area contributed by atoms with Crippen LogP contribution in [-0.2, 0) is 40.2 Å². The Hall–Kier alpha value is -1.51. The van der Waals surface area contributed by atoms with Gasteiger partial charge in [0, 0.05) is 43.6 Å². The summed E-state index contributed by atoms with van der Waals surface area (Å²) in [4.78, 5) is 48.9. The molecule has 5 saturated carbocycles. The number of carbonyl (C=O) groups is 4. The number of amides is 2. The first-order chi connectivity index (χ1) is 17.5. The molecule has 0 aromatic heterocycles. The summed E-state index contributed by atoms with van der Waals surface area (Å²) in [5.74, 6) is -1.51. The molecule has 6 fully saturated rings. The van der Waals surface area contributed by atoms with Crippen molar-refractivity contribution in [3.63, 3.8) is 0 Å². The molecule has 0 aromatic carbocycles. The van der Waals surface area contributed by atoms with Gasteiger partial charge in [-0.2, -0.15) is 0 Å². The molecular formula is C27H42N4O6Pt. The van der Waals surface area contributed by atoms with E-state index in [2.05, 4.69) is 5.32 Å². The molecule has 6 aliphatic rings. The SMILES string of the molecule is N[C@@H]1CCCC[C@H]1N.O=C(CCC(=O)N1CCC(C(=O)[O-])(C(=O)[O-])CC1)NC12CC3CC(CC(C3)C1)C2.[Pt+2]. The molecule has 0 spiro atoms. The third-order valence-corrected chi connectivity index (χ3v) is 9.63. The molecule has 5 aliphatic carbocycles. The van der Waals surface area contributed by atoms with Gasteiger partial charge in [-0.3, -0.25) is 9.59 Å². The minimum Gasteiger partial charge on any atom is -0.549 e. The van der Waals surface area contributed by atoms with Gasteiger partial charge in [-0.05, 0) is 82.0 Å². The molecule has 2 amide bonds. The Morgan fingerprint density at radius 1 is 0.789 bits per heavy atom. The third-order valence-electron chi connectivity index (χ3n) is 9.63. The quantitative estimate of drug-likeness (QED) is 0.299. The van der Waals surface area contributed by atoms with E-state index in [1.54, 1.807) is 0 Å². The van der Waals surface area contributed by atoms with Gasteiger partial charge in [-0.1, -0.05) is 12.8 Å². The molecule has 216 valence electrons. The number of aliphatic carboxylic acids is 2. The van der Waals surface area contributed by atoms with Crippen LogP contribution in [0, 0.1) is 23.2 Å². The predicted octanol–water partition coefficient (Wildman–Crippen LogP) is -0.827. The van der Waals surface area contributed by atoms with Crippen molar-refractivity contribution in [1.29, 1.82) is 0 Å². The second-order valence-corrected chi connectivity index (χ2v) is 12.4. The second kappa shape index (κ2) is 12.8. The Kier molecular flexibility index (Phi) is 10.4. The number of likely N-dealkylation sites (tertiary alicyclic amines) is 1. The van der Waals surface area contributed by atoms with Crippen LogP contribution < -0.4 is 27.0 Å². The van der Waals surface area contributed by atoms with Gasteiger partial charge in [0.1, 0.15) is 0 Å². The van der Waals surface area contributed by atoms with Crippen LogP contribution in [-0.4, -0.2) is 59.4 Å². The number of carbonyl (C=O) groups excluding carboxylic acids is 4. The van der Waals surface area contributed by atoms with Crippen molar-refractivity contribution >= 4 is 23.8 Å². The van der Waals surface area contributed by atoms with Gasteiger partial charge in [0.2, 0.25) is 11.8 Å². The van der Waals surface area contributed by atoms with Crippen molar-refractivity contribution in [2.75, 3.05) is 13.1 Å². The van der Waals surface area contributed by atoms with Crippen molar-refractivity contribution < 1.29 is 50.5 Å². The zero-order valence-corrected chi connectivity index (χ0v) is 24.3. The summed E-state index contributed by atoms with van der Waals surface area (Å²) in [7, 11) is 0. The molecule has 4 bridgehead atoms. The third kappa shape index (κ3) is 6.97. The molecule has 11 heteroatoms. The van der Waals surface area contributed by atoms with Crippen molar-refractivity contribution in [1.82, 2.24) is 10.2 Å². The number of rotatable bonds is 6. The van der Waals surface area contributed by atoms with Gasteiger partial charge in [0.05, 0.1) is 17.4 Å². The maximum absolute atomic E-state index is 12.5. The van der Waals surface area contributed by atoms with E-state index >= 15 is 0 Å². The Labute approximate surface area is 239 Å². The van der Waals surface area contributed by atoms with Gasteiger partial charge in [0.25, 0.3) is 0 Å². The number of carboxylic acid groups (broad SMARTS) is 2. The van der Waals surface area contributed by atoms with Crippen LogP contribution in [0.3, 0.4) is 0 Å². The number of nitrogens with zero attached hydrogens (tertiary/aromatic N) is 1.